The summed E-state index contributed by atoms with van der Waals surface area (Å²) in [6.45, 7) is 0.962. The smallest absolute Gasteiger partial charge is 0.271 e. The third-order valence-corrected chi connectivity index (χ3v) is 3.68. The van der Waals surface area contributed by atoms with Crippen LogP contribution in [0.15, 0.2) is 47.4 Å². The van der Waals surface area contributed by atoms with Crippen molar-refractivity contribution in [1.29, 1.82) is 0 Å². The number of amides is 1. The maximum Gasteiger partial charge on any atom is 0.271 e. The number of nitrogens with one attached hydrogen (secondary N) is 2. The molecule has 8 heteroatoms. The van der Waals surface area contributed by atoms with Gasteiger partial charge in [-0.05, 0) is 5.56 Å². The molecule has 0 spiro atoms. The number of H-pyrrole nitrogens is 1. The van der Waals surface area contributed by atoms with E-state index in [0.717, 1.165) is 5.56 Å². The Morgan fingerprint density at radius 1 is 1.15 bits per heavy atom. The minimum absolute atomic E-state index is 0.0152. The Morgan fingerprint density at radius 3 is 2.59 bits per heavy atom. The van der Waals surface area contributed by atoms with Gasteiger partial charge in [-0.3, -0.25) is 9.59 Å². The molecule has 0 radical (unpaired) electrons. The van der Waals surface area contributed by atoms with Gasteiger partial charge in [0.05, 0.1) is 13.2 Å². The molecule has 0 aliphatic heterocycles. The number of ether oxygens (including phenoxy) is 4. The Hall–Kier alpha value is -2.68. The van der Waals surface area contributed by atoms with Gasteiger partial charge in [0.25, 0.3) is 5.91 Å². The van der Waals surface area contributed by atoms with Gasteiger partial charge in [0, 0.05) is 33.0 Å². The molecule has 146 valence electrons. The highest BCUT2D eigenvalue weighted by Gasteiger charge is 2.16. The predicted molar refractivity (Wildman–Crippen MR) is 98.8 cm³/mol. The first-order valence-electron chi connectivity index (χ1n) is 8.45. The maximum atomic E-state index is 12.4. The lowest BCUT2D eigenvalue weighted by molar-refractivity contribution is -0.139. The van der Waals surface area contributed by atoms with Crippen molar-refractivity contribution in [2.75, 3.05) is 34.0 Å². The zero-order valence-corrected chi connectivity index (χ0v) is 15.4. The Bertz CT molecular complexity index is 758. The zero-order valence-electron chi connectivity index (χ0n) is 15.4. The Labute approximate surface area is 157 Å². The first kappa shape index (κ1) is 20.6. The molecule has 0 fully saturated rings. The number of pyridine rings is 1. The summed E-state index contributed by atoms with van der Waals surface area (Å²) >= 11 is 0. The van der Waals surface area contributed by atoms with E-state index in [9.17, 15) is 9.59 Å². The number of benzene rings is 1. The van der Waals surface area contributed by atoms with Crippen LogP contribution in [0.2, 0.25) is 0 Å². The van der Waals surface area contributed by atoms with E-state index in [4.69, 9.17) is 18.9 Å². The Balaban J connectivity index is 1.90. The Morgan fingerprint density at radius 2 is 1.89 bits per heavy atom. The molecule has 2 aromatic rings. The van der Waals surface area contributed by atoms with Crippen LogP contribution in [0, 0.1) is 0 Å². The van der Waals surface area contributed by atoms with Crippen LogP contribution < -0.4 is 15.5 Å². The topological polar surface area (TPSA) is 98.9 Å². The molecule has 0 bridgehead atoms. The van der Waals surface area contributed by atoms with E-state index in [1.807, 2.05) is 30.3 Å². The SMILES string of the molecule is COC(COCCNC(=O)c1[nH]ccc(=O)c1OCc1ccccc1)OC. The second-order valence-electron chi connectivity index (χ2n) is 5.55. The van der Waals surface area contributed by atoms with Crippen molar-refractivity contribution in [3.05, 3.63) is 64.1 Å². The molecular formula is C19H24N2O6. The first-order chi connectivity index (χ1) is 13.2. The lowest BCUT2D eigenvalue weighted by Crippen LogP contribution is -2.31. The van der Waals surface area contributed by atoms with Gasteiger partial charge >= 0.3 is 0 Å². The van der Waals surface area contributed by atoms with Crippen LogP contribution >= 0.6 is 0 Å². The first-order valence-corrected chi connectivity index (χ1v) is 8.45. The average Bonchev–Trinajstić information content (AvgIpc) is 2.70. The van der Waals surface area contributed by atoms with Gasteiger partial charge in [-0.1, -0.05) is 30.3 Å². The fraction of sp³-hybridized carbons (Fsp3) is 0.368. The lowest BCUT2D eigenvalue weighted by atomic mass is 10.2. The third kappa shape index (κ3) is 6.52. The number of hydrogen-bond donors (Lipinski definition) is 2. The highest BCUT2D eigenvalue weighted by atomic mass is 16.7. The number of aromatic amines is 1. The van der Waals surface area contributed by atoms with Gasteiger partial charge in [0.1, 0.15) is 6.61 Å². The van der Waals surface area contributed by atoms with Crippen molar-refractivity contribution >= 4 is 5.91 Å². The number of methoxy groups -OCH3 is 2. The van der Waals surface area contributed by atoms with E-state index in [1.165, 1.54) is 26.5 Å². The lowest BCUT2D eigenvalue weighted by Gasteiger charge is -2.14. The maximum absolute atomic E-state index is 12.4. The van der Waals surface area contributed by atoms with Gasteiger partial charge in [-0.2, -0.15) is 0 Å². The number of rotatable bonds is 11. The molecule has 1 aromatic heterocycles. The van der Waals surface area contributed by atoms with E-state index in [2.05, 4.69) is 10.3 Å². The molecule has 8 nitrogen and oxygen atoms in total. The molecule has 27 heavy (non-hydrogen) atoms. The van der Waals surface area contributed by atoms with Gasteiger partial charge in [0.15, 0.2) is 17.7 Å². The second kappa shape index (κ2) is 11.1. The molecule has 2 rings (SSSR count). The molecule has 1 heterocycles. The molecule has 2 N–H and O–H groups in total. The molecule has 0 unspecified atom stereocenters. The second-order valence-corrected chi connectivity index (χ2v) is 5.55. The average molecular weight is 376 g/mol. The van der Waals surface area contributed by atoms with Gasteiger partial charge < -0.3 is 29.2 Å². The van der Waals surface area contributed by atoms with Crippen LogP contribution in [-0.4, -0.2) is 51.2 Å². The summed E-state index contributed by atoms with van der Waals surface area (Å²) in [5.74, 6) is -0.465. The van der Waals surface area contributed by atoms with E-state index in [0.29, 0.717) is 0 Å². The minimum Gasteiger partial charge on any atom is -0.483 e. The van der Waals surface area contributed by atoms with E-state index < -0.39 is 12.2 Å². The predicted octanol–water partition coefficient (Wildman–Crippen LogP) is 1.32. The number of hydrogen-bond acceptors (Lipinski definition) is 6. The molecular weight excluding hydrogens is 352 g/mol. The molecule has 0 aliphatic rings. The summed E-state index contributed by atoms with van der Waals surface area (Å²) in [5.41, 5.74) is 0.602. The standard InChI is InChI=1S/C19H24N2O6/c1-24-16(25-2)13-26-11-10-21-19(23)17-18(15(22)8-9-20-17)27-12-14-6-4-3-5-7-14/h3-9,16H,10-13H2,1-2H3,(H,20,22)(H,21,23). The van der Waals surface area contributed by atoms with Crippen molar-refractivity contribution in [2.24, 2.45) is 0 Å². The van der Waals surface area contributed by atoms with Crippen molar-refractivity contribution in [3.63, 3.8) is 0 Å². The summed E-state index contributed by atoms with van der Waals surface area (Å²) in [6.07, 6.45) is 0.953. The zero-order chi connectivity index (χ0) is 19.5. The van der Waals surface area contributed by atoms with Crippen LogP contribution in [0.3, 0.4) is 0 Å². The van der Waals surface area contributed by atoms with Crippen LogP contribution in [0.25, 0.3) is 0 Å². The molecule has 1 amide bonds. The highest BCUT2D eigenvalue weighted by Crippen LogP contribution is 2.12. The quantitative estimate of drug-likeness (QED) is 0.453. The number of carbonyl (C=O) groups is 1. The highest BCUT2D eigenvalue weighted by molar-refractivity contribution is 5.94. The number of aromatic nitrogens is 1. The van der Waals surface area contributed by atoms with Gasteiger partial charge in [-0.25, -0.2) is 0 Å². The number of carbonyl (C=O) groups excluding carboxylic acids is 1. The van der Waals surface area contributed by atoms with Gasteiger partial charge in [0.2, 0.25) is 5.43 Å². The van der Waals surface area contributed by atoms with E-state index in [1.54, 1.807) is 0 Å². The van der Waals surface area contributed by atoms with E-state index in [-0.39, 0.29) is 43.2 Å². The van der Waals surface area contributed by atoms with Crippen molar-refractivity contribution in [2.45, 2.75) is 12.9 Å². The summed E-state index contributed by atoms with van der Waals surface area (Å²) in [7, 11) is 3.03. The molecule has 0 atom stereocenters. The molecule has 0 saturated carbocycles. The van der Waals surface area contributed by atoms with Crippen LogP contribution in [0.5, 0.6) is 5.75 Å². The largest absolute Gasteiger partial charge is 0.483 e. The molecule has 1 aromatic carbocycles. The minimum atomic E-state index is -0.454. The normalized spacial score (nSPS) is 10.8. The fourth-order valence-electron chi connectivity index (χ4n) is 2.24. The summed E-state index contributed by atoms with van der Waals surface area (Å²) in [6, 6.07) is 10.7. The summed E-state index contributed by atoms with van der Waals surface area (Å²) < 4.78 is 20.9. The summed E-state index contributed by atoms with van der Waals surface area (Å²) in [5, 5.41) is 2.68. The van der Waals surface area contributed by atoms with Crippen molar-refractivity contribution < 1.29 is 23.7 Å². The Kier molecular flexibility index (Phi) is 8.50. The van der Waals surface area contributed by atoms with Crippen molar-refractivity contribution in [3.8, 4) is 5.75 Å². The van der Waals surface area contributed by atoms with Crippen molar-refractivity contribution in [1.82, 2.24) is 10.3 Å². The monoisotopic (exact) mass is 376 g/mol. The van der Waals surface area contributed by atoms with Gasteiger partial charge in [-0.15, -0.1) is 0 Å². The van der Waals surface area contributed by atoms with Crippen LogP contribution in [0.1, 0.15) is 16.1 Å². The van der Waals surface area contributed by atoms with Crippen LogP contribution in [-0.2, 0) is 20.8 Å². The molecule has 0 saturated heterocycles. The third-order valence-electron chi connectivity index (χ3n) is 3.68. The van der Waals surface area contributed by atoms with E-state index >= 15 is 0 Å². The molecule has 0 aliphatic carbocycles. The van der Waals surface area contributed by atoms with Crippen LogP contribution in [0.4, 0.5) is 0 Å². The summed E-state index contributed by atoms with van der Waals surface area (Å²) in [4.78, 5) is 27.3. The fourth-order valence-corrected chi connectivity index (χ4v) is 2.24.